The molecule has 2 atom stereocenters. The first-order chi connectivity index (χ1) is 16.6. The molecule has 0 amide bonds. The highest BCUT2D eigenvalue weighted by atomic mass is 16.5. The van der Waals surface area contributed by atoms with Crippen molar-refractivity contribution in [2.45, 2.75) is 25.2 Å². The number of carbonyl (C=O) groups is 1. The molecule has 0 heterocycles. The third kappa shape index (κ3) is 5.66. The van der Waals surface area contributed by atoms with Gasteiger partial charge in [0.05, 0.1) is 11.8 Å². The Kier molecular flexibility index (Phi) is 7.63. The van der Waals surface area contributed by atoms with Gasteiger partial charge in [-0.25, -0.2) is 4.79 Å². The minimum Gasteiger partial charge on any atom is -0.451 e. The van der Waals surface area contributed by atoms with Crippen LogP contribution in [0.2, 0.25) is 0 Å². The molecule has 0 radical (unpaired) electrons. The van der Waals surface area contributed by atoms with Crippen LogP contribution in [0.4, 0.5) is 0 Å². The van der Waals surface area contributed by atoms with Crippen LogP contribution in [0.5, 0.6) is 0 Å². The molecule has 0 aliphatic rings. The topological polar surface area (TPSA) is 58.9 Å². The van der Waals surface area contributed by atoms with Crippen molar-refractivity contribution in [3.05, 3.63) is 144 Å². The number of benzene rings is 4. The summed E-state index contributed by atoms with van der Waals surface area (Å²) in [6.07, 6.45) is -1.65. The molecule has 1 N–H and O–H groups in total. The average Bonchev–Trinajstić information content (AvgIpc) is 2.89. The molecule has 0 unspecified atom stereocenters. The van der Waals surface area contributed by atoms with Gasteiger partial charge in [-0.05, 0) is 18.1 Å². The van der Waals surface area contributed by atoms with E-state index < -0.39 is 24.2 Å². The largest absolute Gasteiger partial charge is 0.451 e. The van der Waals surface area contributed by atoms with Crippen molar-refractivity contribution in [2.75, 3.05) is 0 Å². The molecule has 0 saturated heterocycles. The highest BCUT2D eigenvalue weighted by Gasteiger charge is 2.29. The Balaban J connectivity index is 1.72. The predicted octanol–water partition coefficient (Wildman–Crippen LogP) is 5.61. The van der Waals surface area contributed by atoms with Crippen LogP contribution in [0, 0.1) is 0 Å². The highest BCUT2D eigenvalue weighted by molar-refractivity contribution is 6.13. The van der Waals surface area contributed by atoms with E-state index in [4.69, 9.17) is 9.73 Å². The molecular weight excluding hydrogens is 422 g/mol. The first kappa shape index (κ1) is 23.1. The number of nitrogens with zero attached hydrogens (tertiary/aromatic N) is 1. The summed E-state index contributed by atoms with van der Waals surface area (Å²) in [7, 11) is 0. The molecule has 4 rings (SSSR count). The third-order valence-electron chi connectivity index (χ3n) is 5.50. The Bertz CT molecular complexity index is 1130. The van der Waals surface area contributed by atoms with E-state index in [-0.39, 0.29) is 0 Å². The van der Waals surface area contributed by atoms with Crippen molar-refractivity contribution in [3.63, 3.8) is 0 Å². The quantitative estimate of drug-likeness (QED) is 0.281. The van der Waals surface area contributed by atoms with Crippen LogP contribution in [0.15, 0.2) is 126 Å². The van der Waals surface area contributed by atoms with Crippen molar-refractivity contribution >= 4 is 11.7 Å². The van der Waals surface area contributed by atoms with Gasteiger partial charge in [0.1, 0.15) is 0 Å². The Hall–Kier alpha value is -4.02. The number of hydrogen-bond donors (Lipinski definition) is 1. The van der Waals surface area contributed by atoms with Crippen LogP contribution in [0.3, 0.4) is 0 Å². The first-order valence-electron chi connectivity index (χ1n) is 11.3. The number of esters is 1. The van der Waals surface area contributed by atoms with Crippen LogP contribution < -0.4 is 0 Å². The maximum atomic E-state index is 13.5. The van der Waals surface area contributed by atoms with Gasteiger partial charge >= 0.3 is 5.97 Å². The molecule has 0 bridgehead atoms. The van der Waals surface area contributed by atoms with E-state index in [0.717, 1.165) is 22.3 Å². The summed E-state index contributed by atoms with van der Waals surface area (Å²) >= 11 is 0. The summed E-state index contributed by atoms with van der Waals surface area (Å²) in [5, 5.41) is 10.6. The van der Waals surface area contributed by atoms with E-state index in [1.54, 1.807) is 6.92 Å². The predicted molar refractivity (Wildman–Crippen MR) is 135 cm³/mol. The summed E-state index contributed by atoms with van der Waals surface area (Å²) < 4.78 is 6.01. The molecule has 4 aromatic rings. The number of rotatable bonds is 8. The number of hydrogen-bond acceptors (Lipinski definition) is 4. The lowest BCUT2D eigenvalue weighted by atomic mass is 10.0. The molecule has 0 aromatic heterocycles. The molecule has 0 saturated carbocycles. The van der Waals surface area contributed by atoms with Gasteiger partial charge in [-0.15, -0.1) is 0 Å². The number of carbonyl (C=O) groups excluding carboxylic acids is 1. The Morgan fingerprint density at radius 1 is 0.676 bits per heavy atom. The fourth-order valence-electron chi connectivity index (χ4n) is 3.77. The Labute approximate surface area is 200 Å². The van der Waals surface area contributed by atoms with E-state index in [9.17, 15) is 9.90 Å². The number of aliphatic hydroxyl groups excluding tert-OH is 1. The number of ether oxygens (including phenoxy) is 1. The zero-order valence-corrected chi connectivity index (χ0v) is 19.0. The zero-order valence-electron chi connectivity index (χ0n) is 19.0. The molecule has 170 valence electrons. The Morgan fingerprint density at radius 2 is 1.06 bits per heavy atom. The first-order valence-corrected chi connectivity index (χ1v) is 11.3. The van der Waals surface area contributed by atoms with Crippen molar-refractivity contribution < 1.29 is 14.6 Å². The maximum Gasteiger partial charge on any atom is 0.334 e. The maximum absolute atomic E-state index is 13.5. The molecule has 0 aliphatic carbocycles. The lowest BCUT2D eigenvalue weighted by Crippen LogP contribution is -2.34. The van der Waals surface area contributed by atoms with Gasteiger partial charge in [0.2, 0.25) is 0 Å². The smallest absolute Gasteiger partial charge is 0.334 e. The standard InChI is InChI=1S/C30H27NO3/c1-22(32)27(31-28(23-14-6-2-7-15-23)24-16-8-3-9-17-24)30(33)34-29(25-18-10-4-11-19-25)26-20-12-5-13-21-26/h2-22,27,29,32H,1H3/t22-,27+/m1/s1. The van der Waals surface area contributed by atoms with Crippen molar-refractivity contribution in [2.24, 2.45) is 4.99 Å². The third-order valence-corrected chi connectivity index (χ3v) is 5.50. The average molecular weight is 450 g/mol. The van der Waals surface area contributed by atoms with Gasteiger partial charge in [0.25, 0.3) is 0 Å². The zero-order chi connectivity index (χ0) is 23.8. The van der Waals surface area contributed by atoms with Crippen LogP contribution in [0.25, 0.3) is 0 Å². The second-order valence-corrected chi connectivity index (χ2v) is 8.03. The SMILES string of the molecule is C[C@@H](O)[C@H](N=C(c1ccccc1)c1ccccc1)C(=O)OC(c1ccccc1)c1ccccc1. The van der Waals surface area contributed by atoms with E-state index in [1.165, 1.54) is 0 Å². The van der Waals surface area contributed by atoms with Crippen molar-refractivity contribution in [1.82, 2.24) is 0 Å². The number of aliphatic imine (C=N–C) groups is 1. The summed E-state index contributed by atoms with van der Waals surface area (Å²) in [5.41, 5.74) is 4.04. The van der Waals surface area contributed by atoms with Gasteiger partial charge in [-0.2, -0.15) is 0 Å². The fraction of sp³-hybridized carbons (Fsp3) is 0.133. The summed E-state index contributed by atoms with van der Waals surface area (Å²) in [6, 6.07) is 37.4. The minimum absolute atomic E-state index is 0.586. The molecule has 0 spiro atoms. The second-order valence-electron chi connectivity index (χ2n) is 8.03. The fourth-order valence-corrected chi connectivity index (χ4v) is 3.77. The van der Waals surface area contributed by atoms with Crippen LogP contribution >= 0.6 is 0 Å². The van der Waals surface area contributed by atoms with E-state index in [2.05, 4.69) is 0 Å². The van der Waals surface area contributed by atoms with Gasteiger partial charge in [0, 0.05) is 11.1 Å². The van der Waals surface area contributed by atoms with E-state index in [0.29, 0.717) is 5.71 Å². The molecule has 4 heteroatoms. The van der Waals surface area contributed by atoms with Crippen LogP contribution in [-0.4, -0.2) is 28.9 Å². The highest BCUT2D eigenvalue weighted by Crippen LogP contribution is 2.27. The lowest BCUT2D eigenvalue weighted by molar-refractivity contribution is -0.151. The summed E-state index contributed by atoms with van der Waals surface area (Å²) in [4.78, 5) is 18.2. The normalized spacial score (nSPS) is 12.6. The van der Waals surface area contributed by atoms with Gasteiger partial charge in [-0.1, -0.05) is 121 Å². The molecule has 4 nitrogen and oxygen atoms in total. The van der Waals surface area contributed by atoms with Gasteiger partial charge in [0.15, 0.2) is 12.1 Å². The summed E-state index contributed by atoms with van der Waals surface area (Å²) in [5.74, 6) is -0.586. The van der Waals surface area contributed by atoms with E-state index in [1.807, 2.05) is 121 Å². The molecule has 4 aromatic carbocycles. The van der Waals surface area contributed by atoms with Crippen LogP contribution in [0.1, 0.15) is 35.3 Å². The Morgan fingerprint density at radius 3 is 1.44 bits per heavy atom. The van der Waals surface area contributed by atoms with Crippen molar-refractivity contribution in [1.29, 1.82) is 0 Å². The monoisotopic (exact) mass is 449 g/mol. The molecule has 0 fully saturated rings. The van der Waals surface area contributed by atoms with Crippen molar-refractivity contribution in [3.8, 4) is 0 Å². The van der Waals surface area contributed by atoms with Crippen LogP contribution in [-0.2, 0) is 9.53 Å². The van der Waals surface area contributed by atoms with Gasteiger partial charge in [-0.3, -0.25) is 4.99 Å². The minimum atomic E-state index is -1.09. The second kappa shape index (κ2) is 11.2. The van der Waals surface area contributed by atoms with Gasteiger partial charge < -0.3 is 9.84 Å². The lowest BCUT2D eigenvalue weighted by Gasteiger charge is -2.23. The molecule has 0 aliphatic heterocycles. The summed E-state index contributed by atoms with van der Waals surface area (Å²) in [6.45, 7) is 1.56. The molecular formula is C30H27NO3. The molecule has 34 heavy (non-hydrogen) atoms. The van der Waals surface area contributed by atoms with E-state index >= 15 is 0 Å². The number of aliphatic hydroxyl groups is 1.